The number of halogens is 2. The van der Waals surface area contributed by atoms with Crippen molar-refractivity contribution in [2.24, 2.45) is 0 Å². The van der Waals surface area contributed by atoms with Crippen LogP contribution in [-0.2, 0) is 0 Å². The van der Waals surface area contributed by atoms with Gasteiger partial charge in [-0.05, 0) is 12.1 Å². The van der Waals surface area contributed by atoms with E-state index in [-0.39, 0.29) is 5.91 Å². The fraction of sp³-hybridized carbons (Fsp3) is 0. The van der Waals surface area contributed by atoms with Gasteiger partial charge in [-0.1, -0.05) is 29.3 Å². The predicted octanol–water partition coefficient (Wildman–Crippen LogP) is 4.18. The zero-order valence-electron chi connectivity index (χ0n) is 9.41. The van der Waals surface area contributed by atoms with Crippen LogP contribution in [-0.4, -0.2) is 16.1 Å². The number of carbonyl (C=O) groups excluding carboxylic acids is 1. The number of nitrogens with zero attached hydrogens (tertiary/aromatic N) is 1. The second-order valence-electron chi connectivity index (χ2n) is 3.83. The van der Waals surface area contributed by atoms with E-state index in [4.69, 9.17) is 23.2 Å². The highest BCUT2D eigenvalue weighted by atomic mass is 35.5. The van der Waals surface area contributed by atoms with Gasteiger partial charge in [-0.15, -0.1) is 11.3 Å². The molecule has 1 aromatic carbocycles. The number of anilines is 1. The van der Waals surface area contributed by atoms with Gasteiger partial charge in [-0.2, -0.15) is 5.10 Å². The lowest BCUT2D eigenvalue weighted by molar-refractivity contribution is 0.103. The number of hydrogen-bond donors (Lipinski definition) is 2. The van der Waals surface area contributed by atoms with Gasteiger partial charge in [-0.25, -0.2) is 0 Å². The normalized spacial score (nSPS) is 10.8. The molecule has 7 heteroatoms. The maximum Gasteiger partial charge on any atom is 0.267 e. The van der Waals surface area contributed by atoms with Crippen LogP contribution in [0.25, 0.3) is 10.1 Å². The fourth-order valence-corrected chi connectivity index (χ4v) is 3.38. The van der Waals surface area contributed by atoms with E-state index in [1.165, 1.54) is 17.5 Å². The molecule has 2 N–H and O–H groups in total. The summed E-state index contributed by atoms with van der Waals surface area (Å²) in [4.78, 5) is 12.6. The van der Waals surface area contributed by atoms with Gasteiger partial charge in [0, 0.05) is 21.3 Å². The molecule has 0 spiro atoms. The summed E-state index contributed by atoms with van der Waals surface area (Å²) in [6.07, 6.45) is 3.12. The summed E-state index contributed by atoms with van der Waals surface area (Å²) in [6.45, 7) is 0. The molecule has 0 unspecified atom stereocenters. The largest absolute Gasteiger partial charge is 0.319 e. The maximum atomic E-state index is 12.1. The highest BCUT2D eigenvalue weighted by Gasteiger charge is 2.17. The third kappa shape index (κ3) is 2.32. The Labute approximate surface area is 122 Å². The Kier molecular flexibility index (Phi) is 3.18. The molecule has 0 atom stereocenters. The van der Waals surface area contributed by atoms with Gasteiger partial charge in [0.15, 0.2) is 0 Å². The zero-order chi connectivity index (χ0) is 13.4. The SMILES string of the molecule is O=C(Nc1cn[nH]c1)c1sc2cc(Cl)ccc2c1Cl. The van der Waals surface area contributed by atoms with E-state index in [9.17, 15) is 4.79 Å². The van der Waals surface area contributed by atoms with Crippen LogP contribution in [0.3, 0.4) is 0 Å². The molecule has 96 valence electrons. The number of H-pyrrole nitrogens is 1. The van der Waals surface area contributed by atoms with E-state index in [2.05, 4.69) is 15.5 Å². The van der Waals surface area contributed by atoms with Crippen LogP contribution >= 0.6 is 34.5 Å². The van der Waals surface area contributed by atoms with Crippen LogP contribution in [0.5, 0.6) is 0 Å². The maximum absolute atomic E-state index is 12.1. The first-order valence-corrected chi connectivity index (χ1v) is 6.90. The number of fused-ring (bicyclic) bond motifs is 1. The first-order chi connectivity index (χ1) is 9.15. The van der Waals surface area contributed by atoms with E-state index in [1.807, 2.05) is 6.07 Å². The topological polar surface area (TPSA) is 57.8 Å². The summed E-state index contributed by atoms with van der Waals surface area (Å²) in [7, 11) is 0. The van der Waals surface area contributed by atoms with Crippen molar-refractivity contribution in [1.82, 2.24) is 10.2 Å². The Bertz CT molecular complexity index is 752. The molecule has 0 radical (unpaired) electrons. The molecule has 0 aliphatic carbocycles. The third-order valence-corrected chi connectivity index (χ3v) is 4.44. The molecule has 0 saturated heterocycles. The van der Waals surface area contributed by atoms with Crippen LogP contribution in [0.1, 0.15) is 9.67 Å². The van der Waals surface area contributed by atoms with Gasteiger partial charge in [-0.3, -0.25) is 9.89 Å². The minimum atomic E-state index is -0.260. The second kappa shape index (κ2) is 4.85. The van der Waals surface area contributed by atoms with Crippen LogP contribution in [0.4, 0.5) is 5.69 Å². The molecule has 3 rings (SSSR count). The van der Waals surface area contributed by atoms with E-state index in [0.29, 0.717) is 20.6 Å². The highest BCUT2D eigenvalue weighted by molar-refractivity contribution is 7.21. The standard InChI is InChI=1S/C12H7Cl2N3OS/c13-6-1-2-8-9(3-6)19-11(10(8)14)12(18)17-7-4-15-16-5-7/h1-5H,(H,15,16)(H,17,18). The van der Waals surface area contributed by atoms with Crippen LogP contribution in [0, 0.1) is 0 Å². The monoisotopic (exact) mass is 311 g/mol. The van der Waals surface area contributed by atoms with Gasteiger partial charge in [0.25, 0.3) is 5.91 Å². The first-order valence-electron chi connectivity index (χ1n) is 5.33. The number of carbonyl (C=O) groups is 1. The Hall–Kier alpha value is -1.56. The van der Waals surface area contributed by atoms with Crippen molar-refractivity contribution in [3.05, 3.63) is 45.5 Å². The van der Waals surface area contributed by atoms with Crippen LogP contribution < -0.4 is 5.32 Å². The predicted molar refractivity (Wildman–Crippen MR) is 78.4 cm³/mol. The molecule has 19 heavy (non-hydrogen) atoms. The summed E-state index contributed by atoms with van der Waals surface area (Å²) in [5.41, 5.74) is 0.594. The molecular weight excluding hydrogens is 305 g/mol. The van der Waals surface area contributed by atoms with E-state index in [1.54, 1.807) is 18.3 Å². The van der Waals surface area contributed by atoms with Gasteiger partial charge < -0.3 is 5.32 Å². The van der Waals surface area contributed by atoms with Crippen LogP contribution in [0.15, 0.2) is 30.6 Å². The molecule has 0 aliphatic rings. The average molecular weight is 312 g/mol. The molecule has 3 aromatic rings. The lowest BCUT2D eigenvalue weighted by atomic mass is 10.2. The number of thiophene rings is 1. The number of aromatic nitrogens is 2. The number of aromatic amines is 1. The quantitative estimate of drug-likeness (QED) is 0.745. The molecule has 2 aromatic heterocycles. The second-order valence-corrected chi connectivity index (χ2v) is 5.69. The van der Waals surface area contributed by atoms with Crippen molar-refractivity contribution in [2.75, 3.05) is 5.32 Å². The summed E-state index contributed by atoms with van der Waals surface area (Å²) in [5, 5.41) is 11.0. The van der Waals surface area contributed by atoms with E-state index in [0.717, 1.165) is 10.1 Å². The number of hydrogen-bond acceptors (Lipinski definition) is 3. The molecule has 4 nitrogen and oxygen atoms in total. The molecule has 1 amide bonds. The van der Waals surface area contributed by atoms with Crippen molar-refractivity contribution < 1.29 is 4.79 Å². The summed E-state index contributed by atoms with van der Waals surface area (Å²) >= 11 is 13.5. The molecule has 0 bridgehead atoms. The van der Waals surface area contributed by atoms with Gasteiger partial charge in [0.1, 0.15) is 4.88 Å². The van der Waals surface area contributed by atoms with E-state index < -0.39 is 0 Å². The molecular formula is C12H7Cl2N3OS. The van der Waals surface area contributed by atoms with E-state index >= 15 is 0 Å². The Morgan fingerprint density at radius 2 is 2.21 bits per heavy atom. The molecule has 0 saturated carbocycles. The molecule has 0 aliphatic heterocycles. The summed E-state index contributed by atoms with van der Waals surface area (Å²) in [5.74, 6) is -0.260. The number of amides is 1. The van der Waals surface area contributed by atoms with Gasteiger partial charge in [0.05, 0.1) is 16.9 Å². The van der Waals surface area contributed by atoms with Crippen molar-refractivity contribution in [2.45, 2.75) is 0 Å². The fourth-order valence-electron chi connectivity index (χ4n) is 1.69. The average Bonchev–Trinajstić information content (AvgIpc) is 2.97. The van der Waals surface area contributed by atoms with Crippen molar-refractivity contribution in [3.63, 3.8) is 0 Å². The Morgan fingerprint density at radius 3 is 2.95 bits per heavy atom. The van der Waals surface area contributed by atoms with Crippen molar-refractivity contribution in [1.29, 1.82) is 0 Å². The zero-order valence-corrected chi connectivity index (χ0v) is 11.7. The van der Waals surface area contributed by atoms with Gasteiger partial charge >= 0.3 is 0 Å². The first kappa shape index (κ1) is 12.5. The summed E-state index contributed by atoms with van der Waals surface area (Å²) < 4.78 is 0.884. The number of nitrogens with one attached hydrogen (secondary N) is 2. The lowest BCUT2D eigenvalue weighted by Crippen LogP contribution is -2.09. The number of benzene rings is 1. The molecule has 2 heterocycles. The third-order valence-electron chi connectivity index (χ3n) is 2.55. The minimum absolute atomic E-state index is 0.260. The highest BCUT2D eigenvalue weighted by Crippen LogP contribution is 2.36. The lowest BCUT2D eigenvalue weighted by Gasteiger charge is -1.99. The van der Waals surface area contributed by atoms with Gasteiger partial charge in [0.2, 0.25) is 0 Å². The minimum Gasteiger partial charge on any atom is -0.319 e. The molecule has 0 fully saturated rings. The smallest absolute Gasteiger partial charge is 0.267 e. The number of rotatable bonds is 2. The Balaban J connectivity index is 2.00. The van der Waals surface area contributed by atoms with Crippen molar-refractivity contribution >= 4 is 56.2 Å². The summed E-state index contributed by atoms with van der Waals surface area (Å²) in [6, 6.07) is 5.35. The van der Waals surface area contributed by atoms with Crippen molar-refractivity contribution in [3.8, 4) is 0 Å². The Morgan fingerprint density at radius 1 is 1.37 bits per heavy atom. The van der Waals surface area contributed by atoms with Crippen LogP contribution in [0.2, 0.25) is 10.0 Å².